The molecule has 1 heterocycles. The Kier molecular flexibility index (Phi) is 4.81. The minimum absolute atomic E-state index is 0.0713. The fraction of sp³-hybridized carbons (Fsp3) is 0.333. The molecule has 112 valence electrons. The van der Waals surface area contributed by atoms with E-state index in [1.54, 1.807) is 32.2 Å². The van der Waals surface area contributed by atoms with Gasteiger partial charge in [0.25, 0.3) is 0 Å². The molecule has 0 fully saturated rings. The molecule has 21 heavy (non-hydrogen) atoms. The molecule has 0 aliphatic carbocycles. The summed E-state index contributed by atoms with van der Waals surface area (Å²) in [6.07, 6.45) is 3.06. The zero-order chi connectivity index (χ0) is 15.2. The highest BCUT2D eigenvalue weighted by molar-refractivity contribution is 5.93. The van der Waals surface area contributed by atoms with Crippen LogP contribution in [0.3, 0.4) is 0 Å². The first-order valence-electron chi connectivity index (χ1n) is 6.58. The van der Waals surface area contributed by atoms with E-state index in [-0.39, 0.29) is 19.2 Å². The van der Waals surface area contributed by atoms with E-state index in [9.17, 15) is 9.59 Å². The number of benzene rings is 1. The van der Waals surface area contributed by atoms with Gasteiger partial charge < -0.3 is 19.1 Å². The summed E-state index contributed by atoms with van der Waals surface area (Å²) in [5, 5.41) is 0. The zero-order valence-corrected chi connectivity index (χ0v) is 12.0. The number of ether oxygens (including phenoxy) is 3. The first kappa shape index (κ1) is 14.9. The second kappa shape index (κ2) is 6.78. The molecule has 0 spiro atoms. The van der Waals surface area contributed by atoms with E-state index in [2.05, 4.69) is 0 Å². The summed E-state index contributed by atoms with van der Waals surface area (Å²) in [6, 6.07) is 5.40. The van der Waals surface area contributed by atoms with Crippen molar-refractivity contribution in [1.29, 1.82) is 0 Å². The molecular formula is C15H17NO5. The highest BCUT2D eigenvalue weighted by Crippen LogP contribution is 2.32. The van der Waals surface area contributed by atoms with Crippen LogP contribution in [0.5, 0.6) is 11.5 Å². The summed E-state index contributed by atoms with van der Waals surface area (Å²) in [5.41, 5.74) is 0.817. The summed E-state index contributed by atoms with van der Waals surface area (Å²) >= 11 is 0. The van der Waals surface area contributed by atoms with Gasteiger partial charge in [0.1, 0.15) is 6.54 Å². The number of nitrogens with zero attached hydrogens (tertiary/aromatic N) is 1. The standard InChI is InChI=1S/C15H17NO5/c1-3-19-15(18)9-16(2)14(17)7-5-11-4-6-12-13(8-11)21-10-20-12/h4-8H,3,9-10H2,1-2H3. The summed E-state index contributed by atoms with van der Waals surface area (Å²) in [7, 11) is 1.54. The molecule has 0 aromatic heterocycles. The minimum atomic E-state index is -0.426. The van der Waals surface area contributed by atoms with Gasteiger partial charge in [-0.2, -0.15) is 0 Å². The average Bonchev–Trinajstić information content (AvgIpc) is 2.92. The van der Waals surface area contributed by atoms with Gasteiger partial charge in [0.15, 0.2) is 11.5 Å². The predicted octanol–water partition coefficient (Wildman–Crippen LogP) is 1.45. The van der Waals surface area contributed by atoms with E-state index in [0.29, 0.717) is 18.1 Å². The van der Waals surface area contributed by atoms with E-state index in [1.165, 1.54) is 11.0 Å². The maximum absolute atomic E-state index is 11.9. The van der Waals surface area contributed by atoms with Gasteiger partial charge in [0, 0.05) is 13.1 Å². The van der Waals surface area contributed by atoms with Crippen LogP contribution in [0.25, 0.3) is 6.08 Å². The molecule has 1 aromatic carbocycles. The third-order valence-electron chi connectivity index (χ3n) is 2.86. The van der Waals surface area contributed by atoms with Gasteiger partial charge in [-0.3, -0.25) is 9.59 Å². The van der Waals surface area contributed by atoms with Gasteiger partial charge in [0.05, 0.1) is 6.61 Å². The van der Waals surface area contributed by atoms with Crippen molar-refractivity contribution in [3.63, 3.8) is 0 Å². The molecule has 0 atom stereocenters. The van der Waals surface area contributed by atoms with Crippen LogP contribution in [0.4, 0.5) is 0 Å². The van der Waals surface area contributed by atoms with Crippen molar-refractivity contribution in [3.05, 3.63) is 29.8 Å². The van der Waals surface area contributed by atoms with Crippen LogP contribution >= 0.6 is 0 Å². The largest absolute Gasteiger partial charge is 0.465 e. The first-order chi connectivity index (χ1) is 10.1. The normalized spacial score (nSPS) is 12.5. The maximum Gasteiger partial charge on any atom is 0.325 e. The molecule has 1 aliphatic heterocycles. The topological polar surface area (TPSA) is 65.1 Å². The lowest BCUT2D eigenvalue weighted by molar-refractivity contribution is -0.146. The lowest BCUT2D eigenvalue weighted by Crippen LogP contribution is -2.31. The second-order valence-electron chi connectivity index (χ2n) is 4.45. The Morgan fingerprint density at radius 1 is 1.33 bits per heavy atom. The van der Waals surface area contributed by atoms with Gasteiger partial charge >= 0.3 is 5.97 Å². The lowest BCUT2D eigenvalue weighted by atomic mass is 10.2. The fourth-order valence-electron chi connectivity index (χ4n) is 1.79. The molecule has 6 nitrogen and oxygen atoms in total. The van der Waals surface area contributed by atoms with Crippen molar-refractivity contribution in [2.24, 2.45) is 0 Å². The Morgan fingerprint density at radius 3 is 2.86 bits per heavy atom. The Hall–Kier alpha value is -2.50. The number of amides is 1. The van der Waals surface area contributed by atoms with Gasteiger partial charge in [-0.1, -0.05) is 6.07 Å². The maximum atomic E-state index is 11.9. The molecule has 6 heteroatoms. The first-order valence-corrected chi connectivity index (χ1v) is 6.58. The summed E-state index contributed by atoms with van der Waals surface area (Å²) in [5.74, 6) is 0.646. The quantitative estimate of drug-likeness (QED) is 0.607. The van der Waals surface area contributed by atoms with Crippen molar-refractivity contribution in [2.45, 2.75) is 6.92 Å². The minimum Gasteiger partial charge on any atom is -0.465 e. The smallest absolute Gasteiger partial charge is 0.325 e. The molecular weight excluding hydrogens is 274 g/mol. The molecule has 0 bridgehead atoms. The zero-order valence-electron chi connectivity index (χ0n) is 12.0. The number of likely N-dealkylation sites (N-methyl/N-ethyl adjacent to an activating group) is 1. The molecule has 2 rings (SSSR count). The highest BCUT2D eigenvalue weighted by Gasteiger charge is 2.13. The monoisotopic (exact) mass is 291 g/mol. The number of fused-ring (bicyclic) bond motifs is 1. The van der Waals surface area contributed by atoms with E-state index >= 15 is 0 Å². The van der Waals surface area contributed by atoms with Crippen LogP contribution < -0.4 is 9.47 Å². The molecule has 0 unspecified atom stereocenters. The lowest BCUT2D eigenvalue weighted by Gasteiger charge is -2.13. The van der Waals surface area contributed by atoms with Crippen LogP contribution in [0, 0.1) is 0 Å². The van der Waals surface area contributed by atoms with Crippen LogP contribution in [-0.2, 0) is 14.3 Å². The van der Waals surface area contributed by atoms with Gasteiger partial charge in [-0.05, 0) is 30.7 Å². The Balaban J connectivity index is 1.94. The van der Waals surface area contributed by atoms with Crippen molar-refractivity contribution < 1.29 is 23.8 Å². The van der Waals surface area contributed by atoms with Crippen molar-refractivity contribution in [3.8, 4) is 11.5 Å². The molecule has 0 saturated carbocycles. The summed E-state index contributed by atoms with van der Waals surface area (Å²) < 4.78 is 15.3. The van der Waals surface area contributed by atoms with E-state index in [0.717, 1.165) is 5.56 Å². The fourth-order valence-corrected chi connectivity index (χ4v) is 1.79. The molecule has 0 N–H and O–H groups in total. The molecule has 1 aliphatic rings. The van der Waals surface area contributed by atoms with Crippen molar-refractivity contribution >= 4 is 18.0 Å². The summed E-state index contributed by atoms with van der Waals surface area (Å²) in [6.45, 7) is 2.16. The predicted molar refractivity (Wildman–Crippen MR) is 75.9 cm³/mol. The second-order valence-corrected chi connectivity index (χ2v) is 4.45. The van der Waals surface area contributed by atoms with Crippen LogP contribution in [0.15, 0.2) is 24.3 Å². The van der Waals surface area contributed by atoms with Crippen LogP contribution in [0.1, 0.15) is 12.5 Å². The third-order valence-corrected chi connectivity index (χ3v) is 2.86. The molecule has 0 saturated heterocycles. The molecule has 1 aromatic rings. The summed E-state index contributed by atoms with van der Waals surface area (Å²) in [4.78, 5) is 24.4. The van der Waals surface area contributed by atoms with Crippen LogP contribution in [0.2, 0.25) is 0 Å². The third kappa shape index (κ3) is 3.98. The molecule has 1 amide bonds. The Morgan fingerprint density at radius 2 is 2.10 bits per heavy atom. The number of carbonyl (C=O) groups excluding carboxylic acids is 2. The van der Waals surface area contributed by atoms with E-state index in [1.807, 2.05) is 6.07 Å². The van der Waals surface area contributed by atoms with E-state index < -0.39 is 5.97 Å². The van der Waals surface area contributed by atoms with Crippen molar-refractivity contribution in [1.82, 2.24) is 4.90 Å². The van der Waals surface area contributed by atoms with Crippen LogP contribution in [-0.4, -0.2) is 43.8 Å². The average molecular weight is 291 g/mol. The van der Waals surface area contributed by atoms with Gasteiger partial charge in [-0.15, -0.1) is 0 Å². The number of hydrogen-bond donors (Lipinski definition) is 0. The number of carbonyl (C=O) groups is 2. The molecule has 0 radical (unpaired) electrons. The highest BCUT2D eigenvalue weighted by atomic mass is 16.7. The van der Waals surface area contributed by atoms with E-state index in [4.69, 9.17) is 14.2 Å². The van der Waals surface area contributed by atoms with Gasteiger partial charge in [0.2, 0.25) is 12.7 Å². The van der Waals surface area contributed by atoms with Gasteiger partial charge in [-0.25, -0.2) is 0 Å². The Bertz CT molecular complexity index is 567. The van der Waals surface area contributed by atoms with Crippen molar-refractivity contribution in [2.75, 3.05) is 27.0 Å². The number of rotatable bonds is 5. The number of esters is 1. The number of hydrogen-bond acceptors (Lipinski definition) is 5. The SMILES string of the molecule is CCOC(=O)CN(C)C(=O)C=Cc1ccc2c(c1)OCO2. The Labute approximate surface area is 122 Å².